The second-order valence-corrected chi connectivity index (χ2v) is 10.0. The van der Waals surface area contributed by atoms with Gasteiger partial charge in [0, 0.05) is 24.8 Å². The van der Waals surface area contributed by atoms with Crippen molar-refractivity contribution >= 4 is 27.4 Å². The number of nitrogens with one attached hydrogen (secondary N) is 1. The molecule has 0 unspecified atom stereocenters. The highest BCUT2D eigenvalue weighted by Gasteiger charge is 2.35. The number of hydrogen-bond acceptors (Lipinski definition) is 7. The average molecular weight is 514 g/mol. The van der Waals surface area contributed by atoms with Gasteiger partial charge < -0.3 is 10.4 Å². The Kier molecular flexibility index (Phi) is 6.76. The molecule has 8 nitrogen and oxygen atoms in total. The number of benzene rings is 1. The van der Waals surface area contributed by atoms with Crippen LogP contribution in [0.25, 0.3) is 11.1 Å². The number of anilines is 1. The minimum Gasteiger partial charge on any atom is -0.390 e. The Morgan fingerprint density at radius 3 is 2.41 bits per heavy atom. The maximum atomic E-state index is 13.1. The second-order valence-electron chi connectivity index (χ2n) is 7.69. The summed E-state index contributed by atoms with van der Waals surface area (Å²) in [6.07, 6.45) is -3.13. The number of β-amino-alcohol motifs (C(OH)–C–C–N with tert-alkyl or cyclic N) is 1. The van der Waals surface area contributed by atoms with Crippen LogP contribution in [0, 0.1) is 0 Å². The van der Waals surface area contributed by atoms with Gasteiger partial charge in [-0.3, -0.25) is 0 Å². The Morgan fingerprint density at radius 2 is 1.82 bits per heavy atom. The molecule has 1 fully saturated rings. The van der Waals surface area contributed by atoms with Crippen molar-refractivity contribution in [1.82, 2.24) is 19.5 Å². The van der Waals surface area contributed by atoms with Gasteiger partial charge in [-0.1, -0.05) is 23.7 Å². The number of aliphatic hydroxyl groups is 1. The van der Waals surface area contributed by atoms with Crippen LogP contribution in [0.15, 0.2) is 59.8 Å². The van der Waals surface area contributed by atoms with Gasteiger partial charge >= 0.3 is 6.18 Å². The fraction of sp³-hybridized carbons (Fsp3) is 0.286. The van der Waals surface area contributed by atoms with Crippen LogP contribution in [0.5, 0.6) is 0 Å². The van der Waals surface area contributed by atoms with E-state index in [1.807, 2.05) is 0 Å². The largest absolute Gasteiger partial charge is 0.417 e. The number of rotatable bonds is 5. The van der Waals surface area contributed by atoms with Crippen LogP contribution < -0.4 is 5.32 Å². The number of nitrogens with zero attached hydrogens (tertiary/aromatic N) is 4. The van der Waals surface area contributed by atoms with Gasteiger partial charge in [0.15, 0.2) is 5.15 Å². The van der Waals surface area contributed by atoms with E-state index in [9.17, 15) is 26.7 Å². The van der Waals surface area contributed by atoms with Gasteiger partial charge in [0.2, 0.25) is 10.0 Å². The molecule has 4 rings (SSSR count). The molecule has 0 bridgehead atoms. The molecule has 180 valence electrons. The summed E-state index contributed by atoms with van der Waals surface area (Å²) in [4.78, 5) is 3.80. The molecule has 0 aliphatic carbocycles. The fourth-order valence-electron chi connectivity index (χ4n) is 3.59. The normalized spacial score (nSPS) is 19.7. The first-order valence-corrected chi connectivity index (χ1v) is 11.9. The molecule has 1 aliphatic rings. The molecular weight excluding hydrogens is 495 g/mol. The SMILES string of the molecule is O=S(=O)(c1ccc(-c2cnnc(Cl)c2)cc1)N1CC[C@@H](Nc2ccc(C(F)(F)F)cn2)[C@@H](O)C1. The minimum atomic E-state index is -4.49. The molecule has 0 spiro atoms. The molecule has 34 heavy (non-hydrogen) atoms. The first-order valence-electron chi connectivity index (χ1n) is 10.1. The number of alkyl halides is 3. The zero-order valence-electron chi connectivity index (χ0n) is 17.4. The van der Waals surface area contributed by atoms with Crippen molar-refractivity contribution in [3.05, 3.63) is 65.6 Å². The lowest BCUT2D eigenvalue weighted by Crippen LogP contribution is -2.51. The number of aromatic nitrogens is 3. The summed E-state index contributed by atoms with van der Waals surface area (Å²) >= 11 is 5.85. The van der Waals surface area contributed by atoms with Crippen molar-refractivity contribution in [3.63, 3.8) is 0 Å². The van der Waals surface area contributed by atoms with Crippen molar-refractivity contribution in [2.75, 3.05) is 18.4 Å². The Hall–Kier alpha value is -2.80. The van der Waals surface area contributed by atoms with Gasteiger partial charge in [-0.05, 0) is 42.3 Å². The maximum absolute atomic E-state index is 13.1. The molecule has 0 saturated carbocycles. The highest BCUT2D eigenvalue weighted by atomic mass is 35.5. The molecule has 2 aromatic heterocycles. The minimum absolute atomic E-state index is 0.0624. The number of aliphatic hydroxyl groups excluding tert-OH is 1. The van der Waals surface area contributed by atoms with E-state index in [0.717, 1.165) is 6.07 Å². The third kappa shape index (κ3) is 5.30. The molecular formula is C21H19ClF3N5O3S. The van der Waals surface area contributed by atoms with Crippen molar-refractivity contribution in [2.24, 2.45) is 0 Å². The van der Waals surface area contributed by atoms with Crippen molar-refractivity contribution in [3.8, 4) is 11.1 Å². The predicted molar refractivity (Wildman–Crippen MR) is 119 cm³/mol. The molecule has 13 heteroatoms. The van der Waals surface area contributed by atoms with Gasteiger partial charge in [-0.25, -0.2) is 13.4 Å². The Bertz CT molecular complexity index is 1260. The molecule has 0 radical (unpaired) electrons. The van der Waals surface area contributed by atoms with Gasteiger partial charge in [-0.15, -0.1) is 5.10 Å². The smallest absolute Gasteiger partial charge is 0.390 e. The van der Waals surface area contributed by atoms with E-state index in [1.165, 1.54) is 28.7 Å². The number of halogens is 4. The summed E-state index contributed by atoms with van der Waals surface area (Å²) in [7, 11) is -3.87. The van der Waals surface area contributed by atoms with E-state index in [-0.39, 0.29) is 35.4 Å². The van der Waals surface area contributed by atoms with Crippen LogP contribution in [0.1, 0.15) is 12.0 Å². The number of hydrogen-bond donors (Lipinski definition) is 2. The topological polar surface area (TPSA) is 108 Å². The Morgan fingerprint density at radius 1 is 1.09 bits per heavy atom. The van der Waals surface area contributed by atoms with Crippen molar-refractivity contribution < 1.29 is 26.7 Å². The van der Waals surface area contributed by atoms with E-state index in [2.05, 4.69) is 20.5 Å². The van der Waals surface area contributed by atoms with Crippen LogP contribution in [0.4, 0.5) is 19.0 Å². The summed E-state index contributed by atoms with van der Waals surface area (Å²) in [6, 6.07) is 9.28. The van der Waals surface area contributed by atoms with Gasteiger partial charge in [0.05, 0.1) is 28.8 Å². The lowest BCUT2D eigenvalue weighted by molar-refractivity contribution is -0.137. The van der Waals surface area contributed by atoms with Gasteiger partial charge in [0.1, 0.15) is 5.82 Å². The molecule has 2 N–H and O–H groups in total. The maximum Gasteiger partial charge on any atom is 0.417 e. The van der Waals surface area contributed by atoms with Crippen molar-refractivity contribution in [1.29, 1.82) is 0 Å². The van der Waals surface area contributed by atoms with Crippen molar-refractivity contribution in [2.45, 2.75) is 29.6 Å². The predicted octanol–water partition coefficient (Wildman–Crippen LogP) is 3.45. The first-order chi connectivity index (χ1) is 16.0. The van der Waals surface area contributed by atoms with Gasteiger partial charge in [-0.2, -0.15) is 22.6 Å². The molecule has 1 aromatic carbocycles. The molecule has 1 aliphatic heterocycles. The molecule has 1 saturated heterocycles. The van der Waals surface area contributed by atoms with Crippen LogP contribution >= 0.6 is 11.6 Å². The Balaban J connectivity index is 1.42. The highest BCUT2D eigenvalue weighted by molar-refractivity contribution is 7.89. The summed E-state index contributed by atoms with van der Waals surface area (Å²) in [5.74, 6) is 0.162. The zero-order chi connectivity index (χ0) is 24.5. The van der Waals surface area contributed by atoms with Crippen LogP contribution in [0.3, 0.4) is 0 Å². The third-order valence-electron chi connectivity index (χ3n) is 5.42. The summed E-state index contributed by atoms with van der Waals surface area (Å²) in [6.45, 7) is -0.0599. The number of piperidine rings is 1. The lowest BCUT2D eigenvalue weighted by atomic mass is 10.0. The quantitative estimate of drug-likeness (QED) is 0.538. The number of sulfonamides is 1. The number of pyridine rings is 1. The van der Waals surface area contributed by atoms with Crippen LogP contribution in [0.2, 0.25) is 5.15 Å². The first kappa shape index (κ1) is 24.3. The molecule has 0 amide bonds. The fourth-order valence-corrected chi connectivity index (χ4v) is 5.23. The lowest BCUT2D eigenvalue weighted by Gasteiger charge is -2.35. The monoisotopic (exact) mass is 513 g/mol. The van der Waals surface area contributed by atoms with E-state index in [4.69, 9.17) is 11.6 Å². The third-order valence-corrected chi connectivity index (χ3v) is 7.48. The van der Waals surface area contributed by atoms with E-state index in [0.29, 0.717) is 17.3 Å². The van der Waals surface area contributed by atoms with Gasteiger partial charge in [0.25, 0.3) is 0 Å². The van der Waals surface area contributed by atoms with Crippen LogP contribution in [-0.2, 0) is 16.2 Å². The zero-order valence-corrected chi connectivity index (χ0v) is 19.0. The second kappa shape index (κ2) is 9.45. The standard InChI is InChI=1S/C21H19ClF3N5O3S/c22-19-9-14(10-27-29-19)13-1-4-16(5-2-13)34(32,33)30-8-7-17(18(31)12-30)28-20-6-3-15(11-26-20)21(23,24)25/h1-6,9-11,17-18,31H,7-8,12H2,(H,26,28)/t17-,18+/m1/s1. The average Bonchev–Trinajstić information content (AvgIpc) is 2.80. The Labute approximate surface area is 198 Å². The summed E-state index contributed by atoms with van der Waals surface area (Å²) < 4.78 is 65.4. The molecule has 3 aromatic rings. The summed E-state index contributed by atoms with van der Waals surface area (Å²) in [5.41, 5.74) is 0.514. The van der Waals surface area contributed by atoms with E-state index < -0.39 is 33.9 Å². The van der Waals surface area contributed by atoms with E-state index in [1.54, 1.807) is 18.2 Å². The molecule has 3 heterocycles. The summed E-state index contributed by atoms with van der Waals surface area (Å²) in [5, 5.41) is 21.0. The highest BCUT2D eigenvalue weighted by Crippen LogP contribution is 2.30. The van der Waals surface area contributed by atoms with E-state index >= 15 is 0 Å². The molecule has 2 atom stereocenters. The van der Waals surface area contributed by atoms with Crippen LogP contribution in [-0.4, -0.2) is 58.2 Å².